The highest BCUT2D eigenvalue weighted by atomic mass is 32.1. The molecular formula is C22H23N3O3S. The molecular weight excluding hydrogens is 386 g/mol. The molecule has 2 aromatic carbocycles. The summed E-state index contributed by atoms with van der Waals surface area (Å²) in [6, 6.07) is 15.2. The Balaban J connectivity index is 2.14. The summed E-state index contributed by atoms with van der Waals surface area (Å²) in [6.07, 6.45) is -0.562. The van der Waals surface area contributed by atoms with Gasteiger partial charge in [-0.15, -0.1) is 12.6 Å². The topological polar surface area (TPSA) is 74.6 Å². The lowest BCUT2D eigenvalue weighted by molar-refractivity contribution is -0.118. The summed E-state index contributed by atoms with van der Waals surface area (Å²) in [5.41, 5.74) is 2.58. The van der Waals surface area contributed by atoms with Gasteiger partial charge in [0.2, 0.25) is 0 Å². The van der Waals surface area contributed by atoms with Gasteiger partial charge in [0.05, 0.1) is 18.2 Å². The number of carbonyl (C=O) groups is 1. The fourth-order valence-corrected chi connectivity index (χ4v) is 3.61. The Morgan fingerprint density at radius 3 is 2.55 bits per heavy atom. The maximum absolute atomic E-state index is 12.5. The van der Waals surface area contributed by atoms with Crippen LogP contribution < -0.4 is 19.7 Å². The Bertz CT molecular complexity index is 1010. The van der Waals surface area contributed by atoms with Crippen LogP contribution in [0.5, 0.6) is 11.5 Å². The minimum Gasteiger partial charge on any atom is -0.493 e. The van der Waals surface area contributed by atoms with Crippen molar-refractivity contribution in [1.29, 1.82) is 5.26 Å². The van der Waals surface area contributed by atoms with Gasteiger partial charge in [-0.1, -0.05) is 24.3 Å². The lowest BCUT2D eigenvalue weighted by Gasteiger charge is -2.38. The molecule has 6 nitrogen and oxygen atoms in total. The largest absolute Gasteiger partial charge is 0.493 e. The molecule has 0 radical (unpaired) electrons. The number of nitrogens with one attached hydrogen (secondary N) is 1. The molecule has 0 saturated heterocycles. The second kappa shape index (κ2) is 8.50. The molecule has 150 valence electrons. The minimum atomic E-state index is -0.560. The zero-order chi connectivity index (χ0) is 21.1. The van der Waals surface area contributed by atoms with Crippen LogP contribution in [0.25, 0.3) is 0 Å². The van der Waals surface area contributed by atoms with Gasteiger partial charge in [-0.2, -0.15) is 5.26 Å². The number of anilines is 1. The van der Waals surface area contributed by atoms with E-state index in [2.05, 4.69) is 17.9 Å². The molecule has 1 atom stereocenters. The number of benzene rings is 2. The molecule has 0 aliphatic carbocycles. The molecule has 0 fully saturated rings. The van der Waals surface area contributed by atoms with Crippen LogP contribution in [0.2, 0.25) is 0 Å². The van der Waals surface area contributed by atoms with Crippen LogP contribution in [-0.4, -0.2) is 19.1 Å². The summed E-state index contributed by atoms with van der Waals surface area (Å²) in [5, 5.41) is 12.7. The van der Waals surface area contributed by atoms with E-state index >= 15 is 0 Å². The van der Waals surface area contributed by atoms with Crippen molar-refractivity contribution in [2.24, 2.45) is 0 Å². The number of nitriles is 1. The minimum absolute atomic E-state index is 0.00207. The maximum atomic E-state index is 12.5. The first-order valence-corrected chi connectivity index (χ1v) is 9.65. The highest BCUT2D eigenvalue weighted by molar-refractivity contribution is 7.84. The van der Waals surface area contributed by atoms with Crippen molar-refractivity contribution >= 4 is 24.2 Å². The molecule has 1 N–H and O–H groups in total. The number of hydrogen-bond acceptors (Lipinski definition) is 6. The number of ether oxygens (including phenoxy) is 2. The zero-order valence-corrected chi connectivity index (χ0v) is 17.7. The van der Waals surface area contributed by atoms with E-state index in [4.69, 9.17) is 9.47 Å². The van der Waals surface area contributed by atoms with E-state index in [1.165, 1.54) is 0 Å². The molecule has 0 aromatic heterocycles. The molecule has 1 aliphatic rings. The summed E-state index contributed by atoms with van der Waals surface area (Å²) in [7, 11) is 1.57. The number of methoxy groups -OCH3 is 1. The van der Waals surface area contributed by atoms with Crippen molar-refractivity contribution in [2.75, 3.05) is 12.0 Å². The highest BCUT2D eigenvalue weighted by Gasteiger charge is 2.35. The molecule has 29 heavy (non-hydrogen) atoms. The van der Waals surface area contributed by atoms with Crippen LogP contribution in [-0.2, 0) is 4.79 Å². The maximum Gasteiger partial charge on any atom is 0.266 e. The van der Waals surface area contributed by atoms with E-state index in [-0.39, 0.29) is 11.7 Å². The van der Waals surface area contributed by atoms with E-state index in [9.17, 15) is 10.1 Å². The van der Waals surface area contributed by atoms with Gasteiger partial charge in [-0.3, -0.25) is 4.79 Å². The van der Waals surface area contributed by atoms with E-state index in [1.807, 2.05) is 74.2 Å². The number of thiol groups is 1. The first-order chi connectivity index (χ1) is 13.9. The smallest absolute Gasteiger partial charge is 0.266 e. The number of amides is 1. The molecule has 2 aromatic rings. The Morgan fingerprint density at radius 1 is 1.21 bits per heavy atom. The number of rotatable bonds is 5. The van der Waals surface area contributed by atoms with Crippen LogP contribution in [0.3, 0.4) is 0 Å². The van der Waals surface area contributed by atoms with Gasteiger partial charge in [0.15, 0.2) is 11.5 Å². The monoisotopic (exact) mass is 409 g/mol. The van der Waals surface area contributed by atoms with Crippen LogP contribution in [0.1, 0.15) is 31.1 Å². The third-order valence-electron chi connectivity index (χ3n) is 4.56. The van der Waals surface area contributed by atoms with Gasteiger partial charge in [0.25, 0.3) is 5.91 Å². The van der Waals surface area contributed by atoms with Gasteiger partial charge in [-0.05, 0) is 50.1 Å². The lowest BCUT2D eigenvalue weighted by Crippen LogP contribution is -2.46. The van der Waals surface area contributed by atoms with Crippen LogP contribution in [0, 0.1) is 18.3 Å². The van der Waals surface area contributed by atoms with Gasteiger partial charge in [0.1, 0.15) is 17.8 Å². The fourth-order valence-electron chi connectivity index (χ4n) is 3.23. The average Bonchev–Trinajstić information content (AvgIpc) is 2.69. The molecule has 7 heteroatoms. The van der Waals surface area contributed by atoms with Crippen molar-refractivity contribution in [1.82, 2.24) is 5.32 Å². The number of para-hydroxylation sites is 1. The van der Waals surface area contributed by atoms with E-state index in [0.717, 1.165) is 16.8 Å². The number of hydrogen-bond donors (Lipinski definition) is 2. The summed E-state index contributed by atoms with van der Waals surface area (Å²) in [6.45, 7) is 5.85. The molecule has 0 bridgehead atoms. The molecule has 1 heterocycles. The second-order valence-corrected chi connectivity index (χ2v) is 7.34. The average molecular weight is 410 g/mol. The summed E-state index contributed by atoms with van der Waals surface area (Å²) < 4.78 is 11.3. The number of nitrogens with zero attached hydrogens (tertiary/aromatic N) is 2. The predicted molar refractivity (Wildman–Crippen MR) is 115 cm³/mol. The first kappa shape index (κ1) is 20.6. The van der Waals surface area contributed by atoms with Gasteiger partial charge in [-0.25, -0.2) is 0 Å². The third-order valence-corrected chi connectivity index (χ3v) is 5.00. The number of aryl methyl sites for hydroxylation is 1. The summed E-state index contributed by atoms with van der Waals surface area (Å²) in [5.74, 6) is 0.718. The van der Waals surface area contributed by atoms with Crippen molar-refractivity contribution in [3.05, 3.63) is 64.2 Å². The Morgan fingerprint density at radius 2 is 1.93 bits per heavy atom. The second-order valence-electron chi connectivity index (χ2n) is 6.92. The summed E-state index contributed by atoms with van der Waals surface area (Å²) >= 11 is 4.54. The van der Waals surface area contributed by atoms with Crippen molar-refractivity contribution in [3.63, 3.8) is 0 Å². The Hall–Kier alpha value is -3.11. The lowest BCUT2D eigenvalue weighted by atomic mass is 10.0. The van der Waals surface area contributed by atoms with Crippen molar-refractivity contribution in [2.45, 2.75) is 33.0 Å². The van der Waals surface area contributed by atoms with Crippen LogP contribution >= 0.6 is 12.6 Å². The Kier molecular flexibility index (Phi) is 6.04. The fraction of sp³-hybridized carbons (Fsp3) is 0.273. The van der Waals surface area contributed by atoms with Crippen LogP contribution in [0.4, 0.5) is 5.69 Å². The normalized spacial score (nSPS) is 16.5. The SMILES string of the molecule is COc1cc([C@H]2NC(=O)C(C#N)=C(S)N2c2ccccc2C)ccc1OC(C)C. The van der Waals surface area contributed by atoms with E-state index in [1.54, 1.807) is 7.11 Å². The molecule has 0 saturated carbocycles. The molecule has 0 unspecified atom stereocenters. The zero-order valence-electron chi connectivity index (χ0n) is 16.8. The molecule has 1 amide bonds. The van der Waals surface area contributed by atoms with Crippen molar-refractivity contribution < 1.29 is 14.3 Å². The highest BCUT2D eigenvalue weighted by Crippen LogP contribution is 2.39. The first-order valence-electron chi connectivity index (χ1n) is 9.21. The van der Waals surface area contributed by atoms with Crippen molar-refractivity contribution in [3.8, 4) is 17.6 Å². The van der Waals surface area contributed by atoms with Gasteiger partial charge in [0, 0.05) is 5.69 Å². The van der Waals surface area contributed by atoms with E-state index in [0.29, 0.717) is 16.5 Å². The van der Waals surface area contributed by atoms with Gasteiger partial charge < -0.3 is 19.7 Å². The quantitative estimate of drug-likeness (QED) is 0.728. The molecule has 0 spiro atoms. The standard InChI is InChI=1S/C22H23N3O3S/c1-13(2)28-18-10-9-15(11-19(18)27-4)20-24-21(26)16(12-23)22(29)25(20)17-8-6-5-7-14(17)3/h5-11,13,20,29H,1-4H3,(H,24,26)/t20-/m0/s1. The summed E-state index contributed by atoms with van der Waals surface area (Å²) in [4.78, 5) is 14.4. The number of carbonyl (C=O) groups excluding carboxylic acids is 1. The molecule has 1 aliphatic heterocycles. The predicted octanol–water partition coefficient (Wildman–Crippen LogP) is 4.09. The third kappa shape index (κ3) is 4.03. The molecule has 3 rings (SSSR count). The van der Waals surface area contributed by atoms with E-state index < -0.39 is 12.1 Å². The Labute approximate surface area is 176 Å². The van der Waals surface area contributed by atoms with Gasteiger partial charge >= 0.3 is 0 Å². The van der Waals surface area contributed by atoms with Crippen LogP contribution in [0.15, 0.2) is 53.1 Å².